The van der Waals surface area contributed by atoms with Crippen LogP contribution in [0.15, 0.2) is 24.3 Å². The average molecular weight is 247 g/mol. The minimum atomic E-state index is -0.264. The molecule has 1 aromatic rings. The zero-order valence-corrected chi connectivity index (χ0v) is 10.9. The molecule has 2 rings (SSSR count). The first kappa shape index (κ1) is 13.1. The lowest BCUT2D eigenvalue weighted by Crippen LogP contribution is -2.14. The van der Waals surface area contributed by atoms with E-state index < -0.39 is 0 Å². The topological polar surface area (TPSA) is 38.3 Å². The molecule has 18 heavy (non-hydrogen) atoms. The predicted molar refractivity (Wildman–Crippen MR) is 71.7 cm³/mol. The van der Waals surface area contributed by atoms with Crippen LogP contribution in [0.5, 0.6) is 0 Å². The van der Waals surface area contributed by atoms with Crippen molar-refractivity contribution in [1.82, 2.24) is 5.32 Å². The van der Waals surface area contributed by atoms with Gasteiger partial charge < -0.3 is 10.1 Å². The molecule has 1 aromatic carbocycles. The molecule has 1 fully saturated rings. The number of benzene rings is 1. The van der Waals surface area contributed by atoms with Crippen LogP contribution in [0.2, 0.25) is 0 Å². The number of rotatable bonds is 3. The monoisotopic (exact) mass is 247 g/mol. The Labute approximate surface area is 109 Å². The highest BCUT2D eigenvalue weighted by atomic mass is 16.5. The van der Waals surface area contributed by atoms with Gasteiger partial charge >= 0.3 is 5.97 Å². The van der Waals surface area contributed by atoms with Gasteiger partial charge in [-0.05, 0) is 62.4 Å². The summed E-state index contributed by atoms with van der Waals surface area (Å²) in [5.41, 5.74) is 1.94. The van der Waals surface area contributed by atoms with E-state index in [1.165, 1.54) is 31.9 Å². The highest BCUT2D eigenvalue weighted by Crippen LogP contribution is 2.19. The third kappa shape index (κ3) is 3.57. The fourth-order valence-electron chi connectivity index (χ4n) is 2.52. The number of methoxy groups -OCH3 is 1. The van der Waals surface area contributed by atoms with Crippen LogP contribution in [0.4, 0.5) is 0 Å². The molecule has 1 heterocycles. The summed E-state index contributed by atoms with van der Waals surface area (Å²) in [5.74, 6) is 0.504. The Bertz CT molecular complexity index is 378. The van der Waals surface area contributed by atoms with Crippen molar-refractivity contribution in [1.29, 1.82) is 0 Å². The molecule has 3 heteroatoms. The standard InChI is InChI=1S/C15H21NO2/c1-18-15(17)14-6-4-13(5-7-14)11-12-3-2-9-16-10-8-12/h4-7,12,16H,2-3,8-11H2,1H3. The highest BCUT2D eigenvalue weighted by molar-refractivity contribution is 5.89. The summed E-state index contributed by atoms with van der Waals surface area (Å²) in [7, 11) is 1.41. The van der Waals surface area contributed by atoms with Crippen molar-refractivity contribution in [3.63, 3.8) is 0 Å². The van der Waals surface area contributed by atoms with Gasteiger partial charge in [0.15, 0.2) is 0 Å². The van der Waals surface area contributed by atoms with Crippen molar-refractivity contribution in [3.05, 3.63) is 35.4 Å². The summed E-state index contributed by atoms with van der Waals surface area (Å²) < 4.78 is 4.70. The van der Waals surface area contributed by atoms with Crippen molar-refractivity contribution in [2.75, 3.05) is 20.2 Å². The first-order valence-electron chi connectivity index (χ1n) is 6.67. The number of hydrogen-bond acceptors (Lipinski definition) is 3. The lowest BCUT2D eigenvalue weighted by Gasteiger charge is -2.13. The largest absolute Gasteiger partial charge is 0.465 e. The highest BCUT2D eigenvalue weighted by Gasteiger charge is 2.13. The Morgan fingerprint density at radius 1 is 1.28 bits per heavy atom. The van der Waals surface area contributed by atoms with Crippen molar-refractivity contribution in [3.8, 4) is 0 Å². The number of esters is 1. The average Bonchev–Trinajstić information content (AvgIpc) is 2.67. The van der Waals surface area contributed by atoms with Crippen LogP contribution in [0.3, 0.4) is 0 Å². The summed E-state index contributed by atoms with van der Waals surface area (Å²) in [6.07, 6.45) is 4.93. The van der Waals surface area contributed by atoms with Gasteiger partial charge in [0.25, 0.3) is 0 Å². The van der Waals surface area contributed by atoms with Gasteiger partial charge in [-0.25, -0.2) is 4.79 Å². The van der Waals surface area contributed by atoms with Crippen LogP contribution in [0.25, 0.3) is 0 Å². The van der Waals surface area contributed by atoms with Crippen LogP contribution in [-0.2, 0) is 11.2 Å². The molecule has 1 N–H and O–H groups in total. The van der Waals surface area contributed by atoms with Gasteiger partial charge in [-0.1, -0.05) is 12.1 Å². The first-order chi connectivity index (χ1) is 8.79. The third-order valence-electron chi connectivity index (χ3n) is 3.59. The Hall–Kier alpha value is -1.35. The van der Waals surface area contributed by atoms with Crippen LogP contribution in [0.1, 0.15) is 35.2 Å². The van der Waals surface area contributed by atoms with Crippen LogP contribution >= 0.6 is 0 Å². The molecule has 0 amide bonds. The smallest absolute Gasteiger partial charge is 0.337 e. The number of hydrogen-bond donors (Lipinski definition) is 1. The van der Waals surface area contributed by atoms with Gasteiger partial charge in [0.1, 0.15) is 0 Å². The molecule has 98 valence electrons. The van der Waals surface area contributed by atoms with Gasteiger partial charge in [0.05, 0.1) is 12.7 Å². The molecule has 1 aliphatic heterocycles. The summed E-state index contributed by atoms with van der Waals surface area (Å²) in [4.78, 5) is 11.3. The Balaban J connectivity index is 1.94. The minimum Gasteiger partial charge on any atom is -0.465 e. The van der Waals surface area contributed by atoms with E-state index in [9.17, 15) is 4.79 Å². The van der Waals surface area contributed by atoms with E-state index >= 15 is 0 Å². The maximum absolute atomic E-state index is 11.3. The maximum atomic E-state index is 11.3. The zero-order chi connectivity index (χ0) is 12.8. The fraction of sp³-hybridized carbons (Fsp3) is 0.533. The van der Waals surface area contributed by atoms with Crippen molar-refractivity contribution in [2.24, 2.45) is 5.92 Å². The Morgan fingerprint density at radius 2 is 2.06 bits per heavy atom. The molecule has 0 bridgehead atoms. The SMILES string of the molecule is COC(=O)c1ccc(CC2CCCNCC2)cc1. The van der Waals surface area contributed by atoms with Gasteiger partial charge in [0, 0.05) is 0 Å². The van der Waals surface area contributed by atoms with Gasteiger partial charge in [0.2, 0.25) is 0 Å². The second-order valence-corrected chi connectivity index (χ2v) is 4.94. The lowest BCUT2D eigenvalue weighted by molar-refractivity contribution is 0.0600. The predicted octanol–water partition coefficient (Wildman–Crippen LogP) is 2.41. The fourth-order valence-corrected chi connectivity index (χ4v) is 2.52. The van der Waals surface area contributed by atoms with E-state index in [4.69, 9.17) is 4.74 Å². The molecule has 0 radical (unpaired) electrons. The summed E-state index contributed by atoms with van der Waals surface area (Å²) >= 11 is 0. The quantitative estimate of drug-likeness (QED) is 0.834. The van der Waals surface area contributed by atoms with E-state index in [1.54, 1.807) is 0 Å². The molecule has 0 aromatic heterocycles. The van der Waals surface area contributed by atoms with Crippen LogP contribution in [-0.4, -0.2) is 26.2 Å². The van der Waals surface area contributed by atoms with E-state index in [-0.39, 0.29) is 5.97 Å². The second kappa shape index (κ2) is 6.55. The number of ether oxygens (including phenoxy) is 1. The number of nitrogens with one attached hydrogen (secondary N) is 1. The molecule has 1 atom stereocenters. The zero-order valence-electron chi connectivity index (χ0n) is 10.9. The van der Waals surface area contributed by atoms with Crippen LogP contribution < -0.4 is 5.32 Å². The summed E-state index contributed by atoms with van der Waals surface area (Å²) in [6, 6.07) is 7.81. The molecule has 0 saturated carbocycles. The number of carbonyl (C=O) groups excluding carboxylic acids is 1. The normalized spacial score (nSPS) is 20.2. The maximum Gasteiger partial charge on any atom is 0.337 e. The molecule has 1 aliphatic rings. The molecule has 1 saturated heterocycles. The second-order valence-electron chi connectivity index (χ2n) is 4.94. The van der Waals surface area contributed by atoms with Gasteiger partial charge in [-0.3, -0.25) is 0 Å². The lowest BCUT2D eigenvalue weighted by atomic mass is 9.92. The van der Waals surface area contributed by atoms with Gasteiger partial charge in [-0.15, -0.1) is 0 Å². The molecular formula is C15H21NO2. The van der Waals surface area contributed by atoms with E-state index in [1.807, 2.05) is 24.3 Å². The molecule has 0 spiro atoms. The number of carbonyl (C=O) groups is 1. The van der Waals surface area contributed by atoms with E-state index in [0.717, 1.165) is 25.4 Å². The Morgan fingerprint density at radius 3 is 2.78 bits per heavy atom. The summed E-state index contributed by atoms with van der Waals surface area (Å²) in [5, 5.41) is 3.43. The first-order valence-corrected chi connectivity index (χ1v) is 6.67. The van der Waals surface area contributed by atoms with Crippen molar-refractivity contribution >= 4 is 5.97 Å². The molecule has 0 aliphatic carbocycles. The third-order valence-corrected chi connectivity index (χ3v) is 3.59. The van der Waals surface area contributed by atoms with Crippen LogP contribution in [0, 0.1) is 5.92 Å². The minimum absolute atomic E-state index is 0.264. The summed E-state index contributed by atoms with van der Waals surface area (Å²) in [6.45, 7) is 2.28. The Kier molecular flexibility index (Phi) is 4.76. The molecule has 3 nitrogen and oxygen atoms in total. The molecule has 1 unspecified atom stereocenters. The van der Waals surface area contributed by atoms with Crippen molar-refractivity contribution in [2.45, 2.75) is 25.7 Å². The molecular weight excluding hydrogens is 226 g/mol. The van der Waals surface area contributed by atoms with Crippen molar-refractivity contribution < 1.29 is 9.53 Å². The van der Waals surface area contributed by atoms with E-state index in [0.29, 0.717) is 5.56 Å². The van der Waals surface area contributed by atoms with Gasteiger partial charge in [-0.2, -0.15) is 0 Å². The van der Waals surface area contributed by atoms with E-state index in [2.05, 4.69) is 5.32 Å².